The Morgan fingerprint density at radius 1 is 0.889 bits per heavy atom. The standard InChI is InChI=1S/C16H16O2/c1-12(13-8-4-2-5-9-13)15(16(17)18)14-10-6-3-7-11-14/h2-12,15H,1H3,(H,17,18)/t12-,15-/m1/s1. The van der Waals surface area contributed by atoms with Crippen LogP contribution in [-0.2, 0) is 4.79 Å². The molecule has 2 heteroatoms. The van der Waals surface area contributed by atoms with Gasteiger partial charge in [-0.25, -0.2) is 0 Å². The number of carboxylic acid groups (broad SMARTS) is 1. The molecule has 0 aliphatic rings. The second-order valence-corrected chi connectivity index (χ2v) is 4.43. The van der Waals surface area contributed by atoms with E-state index in [2.05, 4.69) is 0 Å². The van der Waals surface area contributed by atoms with Crippen molar-refractivity contribution >= 4 is 5.97 Å². The summed E-state index contributed by atoms with van der Waals surface area (Å²) in [4.78, 5) is 11.5. The highest BCUT2D eigenvalue weighted by atomic mass is 16.4. The molecule has 0 fully saturated rings. The van der Waals surface area contributed by atoms with Crippen LogP contribution in [0.1, 0.15) is 29.9 Å². The first kappa shape index (κ1) is 12.4. The summed E-state index contributed by atoms with van der Waals surface area (Å²) in [6.07, 6.45) is 0. The van der Waals surface area contributed by atoms with Crippen LogP contribution in [0.25, 0.3) is 0 Å². The molecule has 2 nitrogen and oxygen atoms in total. The fraction of sp³-hybridized carbons (Fsp3) is 0.188. The SMILES string of the molecule is C[C@H](c1ccccc1)[C@@H](C(=O)O)c1ccccc1. The molecular formula is C16H16O2. The number of rotatable bonds is 4. The molecule has 1 N–H and O–H groups in total. The van der Waals surface area contributed by atoms with E-state index in [4.69, 9.17) is 0 Å². The van der Waals surface area contributed by atoms with E-state index < -0.39 is 11.9 Å². The molecule has 0 aromatic heterocycles. The minimum Gasteiger partial charge on any atom is -0.481 e. The average molecular weight is 240 g/mol. The molecule has 2 aromatic carbocycles. The lowest BCUT2D eigenvalue weighted by atomic mass is 9.83. The van der Waals surface area contributed by atoms with E-state index in [1.165, 1.54) is 0 Å². The Morgan fingerprint density at radius 3 is 1.78 bits per heavy atom. The van der Waals surface area contributed by atoms with E-state index in [1.54, 1.807) is 0 Å². The lowest BCUT2D eigenvalue weighted by molar-refractivity contribution is -0.139. The molecule has 2 rings (SSSR count). The van der Waals surface area contributed by atoms with Crippen LogP contribution in [0.2, 0.25) is 0 Å². The monoisotopic (exact) mass is 240 g/mol. The van der Waals surface area contributed by atoms with Crippen LogP contribution in [0.15, 0.2) is 60.7 Å². The zero-order chi connectivity index (χ0) is 13.0. The van der Waals surface area contributed by atoms with Gasteiger partial charge >= 0.3 is 5.97 Å². The van der Waals surface area contributed by atoms with Gasteiger partial charge in [-0.2, -0.15) is 0 Å². The quantitative estimate of drug-likeness (QED) is 0.885. The Hall–Kier alpha value is -2.09. The summed E-state index contributed by atoms with van der Waals surface area (Å²) in [7, 11) is 0. The molecule has 0 aliphatic heterocycles. The average Bonchev–Trinajstić information content (AvgIpc) is 2.40. The van der Waals surface area contributed by atoms with Gasteiger partial charge in [0.25, 0.3) is 0 Å². The largest absolute Gasteiger partial charge is 0.481 e. The van der Waals surface area contributed by atoms with Crippen molar-refractivity contribution in [3.05, 3.63) is 71.8 Å². The Morgan fingerprint density at radius 2 is 1.33 bits per heavy atom. The molecule has 0 amide bonds. The lowest BCUT2D eigenvalue weighted by Gasteiger charge is -2.21. The highest BCUT2D eigenvalue weighted by Gasteiger charge is 2.27. The third kappa shape index (κ3) is 2.59. The Balaban J connectivity index is 2.35. The number of carbonyl (C=O) groups is 1. The van der Waals surface area contributed by atoms with Crippen LogP contribution in [0.5, 0.6) is 0 Å². The van der Waals surface area contributed by atoms with Crippen LogP contribution in [-0.4, -0.2) is 11.1 Å². The molecule has 0 bridgehead atoms. The van der Waals surface area contributed by atoms with Crippen LogP contribution < -0.4 is 0 Å². The Bertz CT molecular complexity index is 505. The normalized spacial score (nSPS) is 13.8. The molecule has 0 spiro atoms. The Kier molecular flexibility index (Phi) is 3.78. The van der Waals surface area contributed by atoms with Crippen LogP contribution in [0, 0.1) is 0 Å². The molecule has 92 valence electrons. The second-order valence-electron chi connectivity index (χ2n) is 4.43. The first-order valence-corrected chi connectivity index (χ1v) is 6.03. The zero-order valence-corrected chi connectivity index (χ0v) is 10.3. The fourth-order valence-corrected chi connectivity index (χ4v) is 2.25. The number of aliphatic carboxylic acids is 1. The van der Waals surface area contributed by atoms with Crippen LogP contribution in [0.4, 0.5) is 0 Å². The van der Waals surface area contributed by atoms with Gasteiger partial charge in [0.2, 0.25) is 0 Å². The summed E-state index contributed by atoms with van der Waals surface area (Å²) >= 11 is 0. The van der Waals surface area contributed by atoms with E-state index in [0.717, 1.165) is 11.1 Å². The lowest BCUT2D eigenvalue weighted by Crippen LogP contribution is -2.18. The highest BCUT2D eigenvalue weighted by Crippen LogP contribution is 2.32. The first-order chi connectivity index (χ1) is 8.70. The van der Waals surface area contributed by atoms with Crippen molar-refractivity contribution in [2.24, 2.45) is 0 Å². The third-order valence-electron chi connectivity index (χ3n) is 3.25. The number of hydrogen-bond donors (Lipinski definition) is 1. The van der Waals surface area contributed by atoms with Gasteiger partial charge < -0.3 is 5.11 Å². The van der Waals surface area contributed by atoms with Gasteiger partial charge in [-0.1, -0.05) is 67.6 Å². The van der Waals surface area contributed by atoms with Gasteiger partial charge in [-0.3, -0.25) is 4.79 Å². The van der Waals surface area contributed by atoms with E-state index >= 15 is 0 Å². The molecule has 0 radical (unpaired) electrons. The van der Waals surface area contributed by atoms with Crippen molar-refractivity contribution in [3.8, 4) is 0 Å². The molecule has 2 aromatic rings. The minimum absolute atomic E-state index is 0.0499. The molecule has 0 saturated carbocycles. The maximum Gasteiger partial charge on any atom is 0.311 e. The molecule has 0 saturated heterocycles. The van der Waals surface area contributed by atoms with Crippen molar-refractivity contribution in [1.82, 2.24) is 0 Å². The van der Waals surface area contributed by atoms with E-state index in [1.807, 2.05) is 67.6 Å². The molecule has 2 atom stereocenters. The van der Waals surface area contributed by atoms with Gasteiger partial charge in [0.15, 0.2) is 0 Å². The van der Waals surface area contributed by atoms with Gasteiger partial charge in [-0.05, 0) is 17.0 Å². The summed E-state index contributed by atoms with van der Waals surface area (Å²) in [6.45, 7) is 1.96. The molecule has 0 aliphatic carbocycles. The van der Waals surface area contributed by atoms with Crippen LogP contribution in [0.3, 0.4) is 0 Å². The molecule has 0 heterocycles. The van der Waals surface area contributed by atoms with Gasteiger partial charge in [-0.15, -0.1) is 0 Å². The topological polar surface area (TPSA) is 37.3 Å². The molecule has 0 unspecified atom stereocenters. The zero-order valence-electron chi connectivity index (χ0n) is 10.3. The molecular weight excluding hydrogens is 224 g/mol. The smallest absolute Gasteiger partial charge is 0.311 e. The summed E-state index contributed by atoms with van der Waals surface area (Å²) in [6, 6.07) is 19.2. The highest BCUT2D eigenvalue weighted by molar-refractivity contribution is 5.77. The summed E-state index contributed by atoms with van der Waals surface area (Å²) in [5, 5.41) is 9.46. The van der Waals surface area contributed by atoms with Crippen molar-refractivity contribution in [3.63, 3.8) is 0 Å². The predicted octanol–water partition coefficient (Wildman–Crippen LogP) is 3.66. The van der Waals surface area contributed by atoms with E-state index in [0.29, 0.717) is 0 Å². The number of hydrogen-bond acceptors (Lipinski definition) is 1. The first-order valence-electron chi connectivity index (χ1n) is 6.03. The van der Waals surface area contributed by atoms with Crippen molar-refractivity contribution in [2.45, 2.75) is 18.8 Å². The maximum absolute atomic E-state index is 11.5. The number of benzene rings is 2. The number of carboxylic acids is 1. The summed E-state index contributed by atoms with van der Waals surface area (Å²) in [5.41, 5.74) is 1.90. The molecule has 18 heavy (non-hydrogen) atoms. The van der Waals surface area contributed by atoms with Gasteiger partial charge in [0.05, 0.1) is 5.92 Å². The minimum atomic E-state index is -0.780. The van der Waals surface area contributed by atoms with Gasteiger partial charge in [0.1, 0.15) is 0 Å². The van der Waals surface area contributed by atoms with Crippen molar-refractivity contribution in [2.75, 3.05) is 0 Å². The Labute approximate surface area is 107 Å². The fourth-order valence-electron chi connectivity index (χ4n) is 2.25. The summed E-state index contributed by atoms with van der Waals surface area (Å²) < 4.78 is 0. The predicted molar refractivity (Wildman–Crippen MR) is 71.7 cm³/mol. The summed E-state index contributed by atoms with van der Waals surface area (Å²) in [5.74, 6) is -1.34. The third-order valence-corrected chi connectivity index (χ3v) is 3.25. The van der Waals surface area contributed by atoms with E-state index in [9.17, 15) is 9.90 Å². The second kappa shape index (κ2) is 5.50. The van der Waals surface area contributed by atoms with Gasteiger partial charge in [0, 0.05) is 0 Å². The maximum atomic E-state index is 11.5. The van der Waals surface area contributed by atoms with Crippen molar-refractivity contribution in [1.29, 1.82) is 0 Å². The van der Waals surface area contributed by atoms with Crippen molar-refractivity contribution < 1.29 is 9.90 Å². The van der Waals surface area contributed by atoms with Crippen LogP contribution >= 0.6 is 0 Å². The van der Waals surface area contributed by atoms with E-state index in [-0.39, 0.29) is 5.92 Å².